The highest BCUT2D eigenvalue weighted by Gasteiger charge is 2.03. The van der Waals surface area contributed by atoms with Crippen LogP contribution in [0.4, 0.5) is 0 Å². The van der Waals surface area contributed by atoms with E-state index in [0.29, 0.717) is 5.67 Å². The van der Waals surface area contributed by atoms with Crippen molar-refractivity contribution in [1.82, 2.24) is 0 Å². The normalized spacial score (nSPS) is 16.0. The molecule has 0 rings (SSSR count). The molecular weight excluding hydrogens is 146 g/mol. The number of nitrogens with two attached hydrogens (primary N) is 1. The Bertz CT molecular complexity index is 70.0. The monoisotopic (exact) mass is 163 g/mol. The molecule has 9 heavy (non-hydrogen) atoms. The van der Waals surface area contributed by atoms with Gasteiger partial charge in [-0.05, 0) is 12.3 Å². The van der Waals surface area contributed by atoms with Crippen molar-refractivity contribution in [1.29, 1.82) is 0 Å². The van der Waals surface area contributed by atoms with Crippen molar-refractivity contribution in [3.8, 4) is 0 Å². The molecule has 0 aliphatic heterocycles. The van der Waals surface area contributed by atoms with Crippen LogP contribution in [0.1, 0.15) is 20.3 Å². The highest BCUT2D eigenvalue weighted by Crippen LogP contribution is 2.00. The highest BCUT2D eigenvalue weighted by molar-refractivity contribution is 6.36. The van der Waals surface area contributed by atoms with Gasteiger partial charge in [-0.15, -0.1) is 0 Å². The van der Waals surface area contributed by atoms with Gasteiger partial charge < -0.3 is 9.85 Å². The Kier molecular flexibility index (Phi) is 5.37. The molecular formula is C5H17NOSi2. The molecule has 1 unspecified atom stereocenters. The summed E-state index contributed by atoms with van der Waals surface area (Å²) in [6, 6.07) is 0. The Labute approximate surface area is 62.6 Å². The van der Waals surface area contributed by atoms with Crippen LogP contribution < -0.4 is 5.73 Å². The van der Waals surface area contributed by atoms with Crippen LogP contribution in [0.2, 0.25) is 0 Å². The van der Waals surface area contributed by atoms with Gasteiger partial charge in [0, 0.05) is 5.67 Å². The van der Waals surface area contributed by atoms with E-state index in [-0.39, 0.29) is 9.76 Å². The molecule has 0 radical (unpaired) electrons. The Morgan fingerprint density at radius 2 is 2.22 bits per heavy atom. The molecule has 0 amide bonds. The van der Waals surface area contributed by atoms with Gasteiger partial charge in [0.05, 0.1) is 0 Å². The van der Waals surface area contributed by atoms with Gasteiger partial charge in [0.2, 0.25) is 0 Å². The Balaban J connectivity index is 3.15. The molecule has 0 fully saturated rings. The average molecular weight is 163 g/mol. The van der Waals surface area contributed by atoms with Crippen molar-refractivity contribution in [3.63, 3.8) is 0 Å². The molecule has 0 saturated carbocycles. The summed E-state index contributed by atoms with van der Waals surface area (Å²) in [5.41, 5.74) is 6.14. The van der Waals surface area contributed by atoms with Gasteiger partial charge in [-0.1, -0.05) is 13.8 Å². The first kappa shape index (κ1) is 9.35. The number of hydrogen-bond acceptors (Lipinski definition) is 2. The molecule has 56 valence electrons. The summed E-state index contributed by atoms with van der Waals surface area (Å²) in [7, 11) is 0.512. The molecule has 0 aliphatic carbocycles. The van der Waals surface area contributed by atoms with E-state index in [1.807, 2.05) is 0 Å². The average Bonchev–Trinajstić information content (AvgIpc) is 1.63. The fourth-order valence-electron chi connectivity index (χ4n) is 0.888. The quantitative estimate of drug-likeness (QED) is 0.523. The Hall–Kier alpha value is 0.354. The summed E-state index contributed by atoms with van der Waals surface area (Å²) >= 11 is 0. The molecule has 0 bridgehead atoms. The van der Waals surface area contributed by atoms with E-state index in [0.717, 1.165) is 22.8 Å². The fourth-order valence-corrected chi connectivity index (χ4v) is 3.40. The molecule has 2 nitrogen and oxygen atoms in total. The van der Waals surface area contributed by atoms with Crippen LogP contribution in [-0.4, -0.2) is 25.9 Å². The van der Waals surface area contributed by atoms with Crippen molar-refractivity contribution < 1.29 is 4.12 Å². The Morgan fingerprint density at radius 3 is 2.56 bits per heavy atom. The smallest absolute Gasteiger partial charge is 0.162 e. The van der Waals surface area contributed by atoms with Gasteiger partial charge in [-0.3, -0.25) is 0 Å². The van der Waals surface area contributed by atoms with Gasteiger partial charge in [-0.2, -0.15) is 0 Å². The van der Waals surface area contributed by atoms with Crippen molar-refractivity contribution in [2.45, 2.75) is 25.9 Å². The van der Waals surface area contributed by atoms with Gasteiger partial charge in [-0.25, -0.2) is 0 Å². The SMILES string of the molecule is CC(C)CC(N)[SiH2]O[SiH3]. The largest absolute Gasteiger partial charge is 0.467 e. The predicted octanol–water partition coefficient (Wildman–Crippen LogP) is -1.30. The second kappa shape index (κ2) is 5.16. The summed E-state index contributed by atoms with van der Waals surface area (Å²) < 4.78 is 5.16. The number of rotatable bonds is 4. The first-order chi connectivity index (χ1) is 4.16. The van der Waals surface area contributed by atoms with E-state index in [2.05, 4.69) is 13.8 Å². The van der Waals surface area contributed by atoms with E-state index in [4.69, 9.17) is 9.85 Å². The van der Waals surface area contributed by atoms with Crippen molar-refractivity contribution in [3.05, 3.63) is 0 Å². The molecule has 1 atom stereocenters. The third kappa shape index (κ3) is 6.24. The molecule has 0 aliphatic rings. The zero-order valence-corrected chi connectivity index (χ0v) is 9.97. The Morgan fingerprint density at radius 1 is 1.67 bits per heavy atom. The van der Waals surface area contributed by atoms with E-state index >= 15 is 0 Å². The van der Waals surface area contributed by atoms with Crippen LogP contribution in [0.15, 0.2) is 0 Å². The van der Waals surface area contributed by atoms with Crippen LogP contribution >= 0.6 is 0 Å². The minimum absolute atomic E-state index is 0.357. The topological polar surface area (TPSA) is 35.2 Å². The van der Waals surface area contributed by atoms with Crippen LogP contribution in [0.25, 0.3) is 0 Å². The molecule has 4 heteroatoms. The summed E-state index contributed by atoms with van der Waals surface area (Å²) in [4.78, 5) is 0. The molecule has 0 aromatic heterocycles. The summed E-state index contributed by atoms with van der Waals surface area (Å²) in [6.07, 6.45) is 1.13. The lowest BCUT2D eigenvalue weighted by Crippen LogP contribution is -2.30. The van der Waals surface area contributed by atoms with Crippen molar-refractivity contribution >= 4 is 20.2 Å². The molecule has 0 aromatic carbocycles. The minimum Gasteiger partial charge on any atom is -0.467 e. The van der Waals surface area contributed by atoms with Gasteiger partial charge in [0.15, 0.2) is 9.76 Å². The third-order valence-corrected chi connectivity index (χ3v) is 3.25. The van der Waals surface area contributed by atoms with Gasteiger partial charge in [0.25, 0.3) is 0 Å². The van der Waals surface area contributed by atoms with Crippen LogP contribution in [0, 0.1) is 5.92 Å². The van der Waals surface area contributed by atoms with Crippen LogP contribution in [-0.2, 0) is 4.12 Å². The second-order valence-corrected chi connectivity index (χ2v) is 6.54. The van der Waals surface area contributed by atoms with E-state index in [1.54, 1.807) is 0 Å². The first-order valence-electron chi connectivity index (χ1n) is 3.41. The first-order valence-corrected chi connectivity index (χ1v) is 5.62. The molecule has 0 saturated heterocycles. The maximum Gasteiger partial charge on any atom is 0.162 e. The zero-order chi connectivity index (χ0) is 7.28. The predicted molar refractivity (Wildman–Crippen MR) is 47.0 cm³/mol. The molecule has 0 heterocycles. The minimum atomic E-state index is -0.357. The van der Waals surface area contributed by atoms with E-state index in [1.165, 1.54) is 0 Å². The second-order valence-electron chi connectivity index (χ2n) is 2.84. The summed E-state index contributed by atoms with van der Waals surface area (Å²) in [5.74, 6) is 0.726. The maximum atomic E-state index is 5.74. The summed E-state index contributed by atoms with van der Waals surface area (Å²) in [6.45, 7) is 4.39. The fraction of sp³-hybridized carbons (Fsp3) is 1.00. The third-order valence-electron chi connectivity index (χ3n) is 1.15. The lowest BCUT2D eigenvalue weighted by Gasteiger charge is -2.11. The van der Waals surface area contributed by atoms with Crippen molar-refractivity contribution in [2.24, 2.45) is 11.7 Å². The number of hydrogen-bond donors (Lipinski definition) is 1. The van der Waals surface area contributed by atoms with Crippen LogP contribution in [0.5, 0.6) is 0 Å². The maximum absolute atomic E-state index is 5.74. The van der Waals surface area contributed by atoms with E-state index < -0.39 is 0 Å². The van der Waals surface area contributed by atoms with Crippen molar-refractivity contribution in [2.75, 3.05) is 0 Å². The molecule has 0 aromatic rings. The molecule has 0 spiro atoms. The standard InChI is InChI=1S/C5H17NOSi2/c1-4(2)3-5(6)9-7-8/h4-5H,3,6,9H2,1-2,8H3. The molecule has 2 N–H and O–H groups in total. The lowest BCUT2D eigenvalue weighted by molar-refractivity contribution is 0.537. The van der Waals surface area contributed by atoms with Crippen LogP contribution in [0.3, 0.4) is 0 Å². The van der Waals surface area contributed by atoms with Gasteiger partial charge >= 0.3 is 0 Å². The van der Waals surface area contributed by atoms with E-state index in [9.17, 15) is 0 Å². The van der Waals surface area contributed by atoms with Gasteiger partial charge in [0.1, 0.15) is 10.5 Å². The lowest BCUT2D eigenvalue weighted by atomic mass is 10.1. The zero-order valence-electron chi connectivity index (χ0n) is 6.55. The highest BCUT2D eigenvalue weighted by atomic mass is 28.3. The summed E-state index contributed by atoms with van der Waals surface area (Å²) in [5, 5.41) is 0.